The molecule has 1 amide bonds. The average Bonchev–Trinajstić information content (AvgIpc) is 2.94. The lowest BCUT2D eigenvalue weighted by Crippen LogP contribution is -2.29. The van der Waals surface area contributed by atoms with Gasteiger partial charge in [-0.25, -0.2) is 0 Å². The Morgan fingerprint density at radius 1 is 1.55 bits per heavy atom. The van der Waals surface area contributed by atoms with Crippen molar-refractivity contribution in [1.82, 2.24) is 9.88 Å². The normalized spacial score (nSPS) is 11.8. The fourth-order valence-electron chi connectivity index (χ4n) is 2.01. The molecule has 20 heavy (non-hydrogen) atoms. The Hall–Kier alpha value is -1.07. The van der Waals surface area contributed by atoms with Crippen LogP contribution in [0.2, 0.25) is 0 Å². The summed E-state index contributed by atoms with van der Waals surface area (Å²) in [6.07, 6.45) is 4.06. The van der Waals surface area contributed by atoms with Gasteiger partial charge in [0.05, 0.1) is 14.7 Å². The Bertz CT molecular complexity index is 640. The van der Waals surface area contributed by atoms with Gasteiger partial charge in [-0.1, -0.05) is 26.0 Å². The van der Waals surface area contributed by atoms with E-state index in [0.717, 1.165) is 20.4 Å². The second-order valence-electron chi connectivity index (χ2n) is 5.11. The molecule has 0 bridgehead atoms. The molecule has 0 radical (unpaired) electrons. The van der Waals surface area contributed by atoms with E-state index >= 15 is 0 Å². The molecule has 0 atom stereocenters. The van der Waals surface area contributed by atoms with Crippen LogP contribution < -0.4 is 5.32 Å². The number of nitrogens with one attached hydrogen (secondary N) is 1. The van der Waals surface area contributed by atoms with Crippen LogP contribution in [0.1, 0.15) is 31.3 Å². The van der Waals surface area contributed by atoms with E-state index < -0.39 is 0 Å². The van der Waals surface area contributed by atoms with Gasteiger partial charge in [0.25, 0.3) is 5.91 Å². The van der Waals surface area contributed by atoms with Gasteiger partial charge in [0.2, 0.25) is 0 Å². The summed E-state index contributed by atoms with van der Waals surface area (Å²) in [4.78, 5) is 12.3. The van der Waals surface area contributed by atoms with Crippen LogP contribution in [0.15, 0.2) is 28.1 Å². The Morgan fingerprint density at radius 2 is 2.30 bits per heavy atom. The van der Waals surface area contributed by atoms with Gasteiger partial charge < -0.3 is 9.88 Å². The molecule has 5 heteroatoms. The Kier molecular flexibility index (Phi) is 5.05. The highest BCUT2D eigenvalue weighted by Gasteiger charge is 2.17. The lowest BCUT2D eigenvalue weighted by molar-refractivity contribution is 0.0940. The van der Waals surface area contributed by atoms with E-state index in [1.165, 1.54) is 0 Å². The van der Waals surface area contributed by atoms with Gasteiger partial charge in [0.15, 0.2) is 0 Å². The van der Waals surface area contributed by atoms with Crippen molar-refractivity contribution in [1.29, 1.82) is 0 Å². The first-order valence-corrected chi connectivity index (χ1v) is 8.37. The molecule has 0 aliphatic heterocycles. The number of hydrogen-bond acceptors (Lipinski definition) is 2. The number of thiophene rings is 1. The highest BCUT2D eigenvalue weighted by molar-refractivity contribution is 9.10. The summed E-state index contributed by atoms with van der Waals surface area (Å²) < 4.78 is 4.24. The smallest absolute Gasteiger partial charge is 0.267 e. The van der Waals surface area contributed by atoms with Crippen LogP contribution >= 0.6 is 27.3 Å². The topological polar surface area (TPSA) is 34.0 Å². The number of halogens is 1. The standard InChI is InChI=1S/C15H19BrN2OS/c1-4-5-6-18-12(15(19)17-8-10(2)3)7-13-14(18)11(16)9-20-13/h4-5,7,9-10H,6,8H2,1-3H3,(H,17,19). The lowest BCUT2D eigenvalue weighted by atomic mass is 10.2. The first-order valence-electron chi connectivity index (χ1n) is 6.70. The molecule has 0 unspecified atom stereocenters. The quantitative estimate of drug-likeness (QED) is 0.791. The summed E-state index contributed by atoms with van der Waals surface area (Å²) in [6.45, 7) is 7.58. The Labute approximate surface area is 131 Å². The van der Waals surface area contributed by atoms with Gasteiger partial charge in [-0.2, -0.15) is 0 Å². The minimum absolute atomic E-state index is 0.00139. The molecular formula is C15H19BrN2OS. The SMILES string of the molecule is CC=CCn1c(C(=O)NCC(C)C)cc2scc(Br)c21. The second-order valence-corrected chi connectivity index (χ2v) is 6.88. The van der Waals surface area contributed by atoms with E-state index in [-0.39, 0.29) is 5.91 Å². The molecule has 0 saturated heterocycles. The van der Waals surface area contributed by atoms with Gasteiger partial charge in [0, 0.05) is 18.5 Å². The van der Waals surface area contributed by atoms with Crippen molar-refractivity contribution >= 4 is 43.4 Å². The monoisotopic (exact) mass is 354 g/mol. The third-order valence-electron chi connectivity index (χ3n) is 3.00. The summed E-state index contributed by atoms with van der Waals surface area (Å²) in [6, 6.07) is 1.98. The molecular weight excluding hydrogens is 336 g/mol. The summed E-state index contributed by atoms with van der Waals surface area (Å²) in [5, 5.41) is 5.05. The van der Waals surface area contributed by atoms with Gasteiger partial charge >= 0.3 is 0 Å². The predicted molar refractivity (Wildman–Crippen MR) is 89.5 cm³/mol. The first kappa shape index (κ1) is 15.3. The van der Waals surface area contributed by atoms with Crippen molar-refractivity contribution in [2.75, 3.05) is 6.54 Å². The Balaban J connectivity index is 2.38. The number of amides is 1. The molecule has 1 N–H and O–H groups in total. The second kappa shape index (κ2) is 6.59. The number of aromatic nitrogens is 1. The fourth-order valence-corrected chi connectivity index (χ4v) is 3.70. The highest BCUT2D eigenvalue weighted by Crippen LogP contribution is 2.33. The summed E-state index contributed by atoms with van der Waals surface area (Å²) in [5.74, 6) is 0.448. The van der Waals surface area contributed by atoms with E-state index in [2.05, 4.69) is 51.1 Å². The predicted octanol–water partition coefficient (Wildman–Crippen LogP) is 4.43. The molecule has 2 heterocycles. The van der Waals surface area contributed by atoms with Crippen molar-refractivity contribution in [3.05, 3.63) is 33.8 Å². The zero-order chi connectivity index (χ0) is 14.7. The van der Waals surface area contributed by atoms with Gasteiger partial charge in [-0.3, -0.25) is 4.79 Å². The van der Waals surface area contributed by atoms with E-state index in [0.29, 0.717) is 19.0 Å². The van der Waals surface area contributed by atoms with Crippen molar-refractivity contribution < 1.29 is 4.79 Å². The van der Waals surface area contributed by atoms with Crippen LogP contribution in [0.3, 0.4) is 0 Å². The first-order chi connectivity index (χ1) is 9.54. The molecule has 2 aromatic rings. The molecule has 0 saturated carbocycles. The molecule has 0 fully saturated rings. The summed E-state index contributed by atoms with van der Waals surface area (Å²) in [7, 11) is 0. The Morgan fingerprint density at radius 3 is 2.95 bits per heavy atom. The van der Waals surface area contributed by atoms with Crippen LogP contribution in [-0.4, -0.2) is 17.0 Å². The number of nitrogens with zero attached hydrogens (tertiary/aromatic N) is 1. The molecule has 2 rings (SSSR count). The number of rotatable bonds is 5. The van der Waals surface area contributed by atoms with Crippen LogP contribution in [0.25, 0.3) is 10.2 Å². The molecule has 0 spiro atoms. The van der Waals surface area contributed by atoms with E-state index in [1.54, 1.807) is 11.3 Å². The molecule has 108 valence electrons. The van der Waals surface area contributed by atoms with E-state index in [1.807, 2.05) is 19.1 Å². The van der Waals surface area contributed by atoms with Gasteiger partial charge in [-0.05, 0) is 34.8 Å². The lowest BCUT2D eigenvalue weighted by Gasteiger charge is -2.10. The third-order valence-corrected chi connectivity index (χ3v) is 4.83. The van der Waals surface area contributed by atoms with Crippen LogP contribution in [0, 0.1) is 5.92 Å². The average molecular weight is 355 g/mol. The van der Waals surface area contributed by atoms with E-state index in [9.17, 15) is 4.79 Å². The van der Waals surface area contributed by atoms with Crippen molar-refractivity contribution in [2.45, 2.75) is 27.3 Å². The largest absolute Gasteiger partial charge is 0.351 e. The number of allylic oxidation sites excluding steroid dienone is 2. The molecule has 0 aromatic carbocycles. The summed E-state index contributed by atoms with van der Waals surface area (Å²) in [5.41, 5.74) is 1.83. The van der Waals surface area contributed by atoms with Crippen molar-refractivity contribution in [3.63, 3.8) is 0 Å². The molecule has 2 aromatic heterocycles. The van der Waals surface area contributed by atoms with Crippen molar-refractivity contribution in [3.8, 4) is 0 Å². The fraction of sp³-hybridized carbons (Fsp3) is 0.400. The van der Waals surface area contributed by atoms with Gasteiger partial charge in [-0.15, -0.1) is 11.3 Å². The highest BCUT2D eigenvalue weighted by atomic mass is 79.9. The number of hydrogen-bond donors (Lipinski definition) is 1. The third kappa shape index (κ3) is 3.15. The maximum atomic E-state index is 12.3. The minimum Gasteiger partial charge on any atom is -0.351 e. The van der Waals surface area contributed by atoms with Crippen LogP contribution in [-0.2, 0) is 6.54 Å². The zero-order valence-electron chi connectivity index (χ0n) is 11.9. The number of fused-ring (bicyclic) bond motifs is 1. The molecule has 0 aliphatic carbocycles. The summed E-state index contributed by atoms with van der Waals surface area (Å²) >= 11 is 5.22. The van der Waals surface area contributed by atoms with E-state index in [4.69, 9.17) is 0 Å². The van der Waals surface area contributed by atoms with Crippen molar-refractivity contribution in [2.24, 2.45) is 5.92 Å². The number of carbonyl (C=O) groups excluding carboxylic acids is 1. The van der Waals surface area contributed by atoms with Crippen LogP contribution in [0.5, 0.6) is 0 Å². The van der Waals surface area contributed by atoms with Gasteiger partial charge in [0.1, 0.15) is 5.69 Å². The number of carbonyl (C=O) groups is 1. The maximum absolute atomic E-state index is 12.3. The minimum atomic E-state index is -0.00139. The van der Waals surface area contributed by atoms with Crippen LogP contribution in [0.4, 0.5) is 0 Å². The maximum Gasteiger partial charge on any atom is 0.267 e. The molecule has 0 aliphatic rings. The zero-order valence-corrected chi connectivity index (χ0v) is 14.3. The molecule has 3 nitrogen and oxygen atoms in total.